The minimum Gasteiger partial charge on any atom is -0.399 e. The van der Waals surface area contributed by atoms with E-state index in [4.69, 9.17) is 10.6 Å². The lowest BCUT2D eigenvalue weighted by Gasteiger charge is -2.36. The average Bonchev–Trinajstić information content (AvgIpc) is 2.68. The second-order valence-electron chi connectivity index (χ2n) is 7.84. The Morgan fingerprint density at radius 2 is 1.85 bits per heavy atom. The molecule has 1 aromatic carbocycles. The molecule has 26 heavy (non-hydrogen) atoms. The molecule has 0 bridgehead atoms. The van der Waals surface area contributed by atoms with Crippen molar-refractivity contribution in [3.63, 3.8) is 0 Å². The molecular weight excluding hydrogens is 324 g/mol. The predicted octanol–water partition coefficient (Wildman–Crippen LogP) is 3.27. The van der Waals surface area contributed by atoms with Crippen LogP contribution in [0.2, 0.25) is 0 Å². The van der Waals surface area contributed by atoms with Crippen LogP contribution >= 0.6 is 0 Å². The van der Waals surface area contributed by atoms with Gasteiger partial charge in [-0.15, -0.1) is 0 Å². The molecule has 1 aromatic rings. The molecule has 1 heterocycles. The average molecular weight is 361 g/mol. The van der Waals surface area contributed by atoms with Crippen LogP contribution in [0.5, 0.6) is 0 Å². The molecule has 1 aliphatic heterocycles. The van der Waals surface area contributed by atoms with Gasteiger partial charge in [0.1, 0.15) is 0 Å². The Bertz CT molecular complexity index is 510. The summed E-state index contributed by atoms with van der Waals surface area (Å²) in [6.07, 6.45) is 9.31. The summed E-state index contributed by atoms with van der Waals surface area (Å²) in [6, 6.07) is 8.23. The molecule has 1 saturated heterocycles. The number of rotatable bonds is 9. The van der Waals surface area contributed by atoms with Crippen LogP contribution in [-0.2, 0) is 4.84 Å². The summed E-state index contributed by atoms with van der Waals surface area (Å²) >= 11 is 0. The molecule has 3 N–H and O–H groups in total. The fraction of sp³-hybridized carbons (Fsp3) is 0.714. The molecule has 3 rings (SSSR count). The molecule has 1 saturated carbocycles. The number of nitrogens with two attached hydrogens (primary N) is 1. The Morgan fingerprint density at radius 1 is 1.04 bits per heavy atom. The van der Waals surface area contributed by atoms with E-state index in [9.17, 15) is 0 Å². The largest absolute Gasteiger partial charge is 0.399 e. The van der Waals surface area contributed by atoms with Gasteiger partial charge in [0.2, 0.25) is 0 Å². The zero-order valence-electron chi connectivity index (χ0n) is 16.2. The summed E-state index contributed by atoms with van der Waals surface area (Å²) in [4.78, 5) is 10.7. The molecule has 5 heteroatoms. The summed E-state index contributed by atoms with van der Waals surface area (Å²) in [7, 11) is 0. The summed E-state index contributed by atoms with van der Waals surface area (Å²) in [5, 5.41) is 0. The Labute approximate surface area is 158 Å². The minimum atomic E-state index is 0.785. The first kappa shape index (κ1) is 19.5. The van der Waals surface area contributed by atoms with E-state index in [2.05, 4.69) is 27.4 Å². The van der Waals surface area contributed by atoms with Crippen molar-refractivity contribution in [1.29, 1.82) is 0 Å². The molecule has 146 valence electrons. The second kappa shape index (κ2) is 10.8. The molecule has 0 unspecified atom stereocenters. The van der Waals surface area contributed by atoms with E-state index in [0.717, 1.165) is 50.9 Å². The first-order valence-electron chi connectivity index (χ1n) is 10.5. The van der Waals surface area contributed by atoms with Crippen molar-refractivity contribution < 1.29 is 4.84 Å². The number of hydroxylamine groups is 1. The van der Waals surface area contributed by atoms with E-state index < -0.39 is 0 Å². The Hall–Kier alpha value is -1.30. The maximum absolute atomic E-state index is 5.90. The van der Waals surface area contributed by atoms with Gasteiger partial charge in [0.05, 0.1) is 6.61 Å². The van der Waals surface area contributed by atoms with Crippen molar-refractivity contribution in [3.8, 4) is 0 Å². The van der Waals surface area contributed by atoms with E-state index in [1.807, 2.05) is 12.1 Å². The van der Waals surface area contributed by atoms with Gasteiger partial charge in [-0.25, -0.2) is 5.48 Å². The highest BCUT2D eigenvalue weighted by molar-refractivity contribution is 5.56. The van der Waals surface area contributed by atoms with Crippen LogP contribution < -0.4 is 16.1 Å². The van der Waals surface area contributed by atoms with E-state index in [-0.39, 0.29) is 0 Å². The fourth-order valence-electron chi connectivity index (χ4n) is 4.09. The fourth-order valence-corrected chi connectivity index (χ4v) is 4.09. The Balaban J connectivity index is 1.20. The lowest BCUT2D eigenvalue weighted by molar-refractivity contribution is 0.00838. The molecule has 0 amide bonds. The minimum absolute atomic E-state index is 0.785. The van der Waals surface area contributed by atoms with Crippen molar-refractivity contribution in [2.45, 2.75) is 44.9 Å². The molecule has 0 spiro atoms. The van der Waals surface area contributed by atoms with Crippen LogP contribution in [0.4, 0.5) is 11.4 Å². The van der Waals surface area contributed by atoms with E-state index in [1.165, 1.54) is 57.2 Å². The van der Waals surface area contributed by atoms with Crippen LogP contribution in [0.3, 0.4) is 0 Å². The third-order valence-electron chi connectivity index (χ3n) is 5.76. The molecule has 1 aliphatic carbocycles. The molecule has 0 atom stereocenters. The lowest BCUT2D eigenvalue weighted by Crippen LogP contribution is -2.46. The van der Waals surface area contributed by atoms with Crippen LogP contribution in [0, 0.1) is 5.92 Å². The van der Waals surface area contributed by atoms with Crippen molar-refractivity contribution in [3.05, 3.63) is 24.3 Å². The number of anilines is 2. The molecule has 5 nitrogen and oxygen atoms in total. The van der Waals surface area contributed by atoms with Gasteiger partial charge >= 0.3 is 0 Å². The summed E-state index contributed by atoms with van der Waals surface area (Å²) in [6.45, 7) is 7.51. The maximum Gasteiger partial charge on any atom is 0.0710 e. The number of unbranched alkanes of at least 4 members (excludes halogenated alkanes) is 1. The zero-order chi connectivity index (χ0) is 18.0. The number of nitrogens with one attached hydrogen (secondary N) is 1. The number of hydrogen-bond acceptors (Lipinski definition) is 5. The van der Waals surface area contributed by atoms with Crippen LogP contribution in [0.25, 0.3) is 0 Å². The van der Waals surface area contributed by atoms with E-state index in [1.54, 1.807) is 0 Å². The highest BCUT2D eigenvalue weighted by Crippen LogP contribution is 2.23. The molecule has 2 aliphatic rings. The number of hydrogen-bond donors (Lipinski definition) is 2. The van der Waals surface area contributed by atoms with Crippen LogP contribution in [-0.4, -0.2) is 50.8 Å². The number of piperazine rings is 1. The van der Waals surface area contributed by atoms with Gasteiger partial charge in [0.15, 0.2) is 0 Å². The smallest absolute Gasteiger partial charge is 0.0710 e. The van der Waals surface area contributed by atoms with Gasteiger partial charge in [-0.1, -0.05) is 25.3 Å². The third kappa shape index (κ3) is 6.45. The van der Waals surface area contributed by atoms with Gasteiger partial charge in [-0.2, -0.15) is 0 Å². The summed E-state index contributed by atoms with van der Waals surface area (Å²) in [5.41, 5.74) is 11.2. The standard InChI is InChI=1S/C21H36N4O/c22-20-9-6-10-21(17-20)25-15-13-24(14-16-25)12-5-4-11-23-26-18-19-7-2-1-3-8-19/h6,9-10,17,19,23H,1-5,7-8,11-16,18,22H2. The van der Waals surface area contributed by atoms with Crippen molar-refractivity contribution in [2.24, 2.45) is 5.92 Å². The van der Waals surface area contributed by atoms with Gasteiger partial charge in [-0.3, -0.25) is 4.90 Å². The van der Waals surface area contributed by atoms with E-state index in [0.29, 0.717) is 0 Å². The Morgan fingerprint density at radius 3 is 2.62 bits per heavy atom. The van der Waals surface area contributed by atoms with Gasteiger partial charge < -0.3 is 15.5 Å². The topological polar surface area (TPSA) is 53.8 Å². The molecule has 2 fully saturated rings. The highest BCUT2D eigenvalue weighted by Gasteiger charge is 2.17. The SMILES string of the molecule is Nc1cccc(N2CCN(CCCCNOCC3CCCCC3)CC2)c1. The number of nitrogen functional groups attached to an aromatic ring is 1. The normalized spacial score (nSPS) is 19.8. The van der Waals surface area contributed by atoms with Crippen molar-refractivity contribution in [2.75, 3.05) is 56.5 Å². The summed E-state index contributed by atoms with van der Waals surface area (Å²) in [5.74, 6) is 0.785. The van der Waals surface area contributed by atoms with Gasteiger partial charge in [-0.05, 0) is 56.3 Å². The number of nitrogens with zero attached hydrogens (tertiary/aromatic N) is 2. The monoisotopic (exact) mass is 360 g/mol. The van der Waals surface area contributed by atoms with E-state index >= 15 is 0 Å². The maximum atomic E-state index is 5.90. The third-order valence-corrected chi connectivity index (χ3v) is 5.76. The summed E-state index contributed by atoms with van der Waals surface area (Å²) < 4.78 is 0. The lowest BCUT2D eigenvalue weighted by atomic mass is 9.90. The highest BCUT2D eigenvalue weighted by atomic mass is 16.6. The number of benzene rings is 1. The molecule has 0 radical (unpaired) electrons. The molecular formula is C21H36N4O. The first-order chi connectivity index (χ1) is 12.8. The van der Waals surface area contributed by atoms with Gasteiger partial charge in [0.25, 0.3) is 0 Å². The van der Waals surface area contributed by atoms with Gasteiger partial charge in [0, 0.05) is 44.1 Å². The Kier molecular flexibility index (Phi) is 8.05. The van der Waals surface area contributed by atoms with Crippen LogP contribution in [0.15, 0.2) is 24.3 Å². The second-order valence-corrected chi connectivity index (χ2v) is 7.84. The quantitative estimate of drug-likeness (QED) is 0.402. The zero-order valence-corrected chi connectivity index (χ0v) is 16.2. The van der Waals surface area contributed by atoms with Crippen molar-refractivity contribution in [1.82, 2.24) is 10.4 Å². The molecule has 0 aromatic heterocycles. The van der Waals surface area contributed by atoms with Crippen LogP contribution in [0.1, 0.15) is 44.9 Å². The van der Waals surface area contributed by atoms with Crippen molar-refractivity contribution >= 4 is 11.4 Å². The first-order valence-corrected chi connectivity index (χ1v) is 10.5. The predicted molar refractivity (Wildman–Crippen MR) is 109 cm³/mol.